The van der Waals surface area contributed by atoms with Gasteiger partial charge in [-0.15, -0.1) is 11.3 Å². The molecule has 0 aliphatic carbocycles. The van der Waals surface area contributed by atoms with E-state index in [0.717, 1.165) is 16.8 Å². The van der Waals surface area contributed by atoms with Gasteiger partial charge in [-0.1, -0.05) is 24.3 Å². The molecule has 0 fully saturated rings. The molecule has 1 aromatic heterocycles. The van der Waals surface area contributed by atoms with E-state index >= 15 is 0 Å². The lowest BCUT2D eigenvalue weighted by atomic mass is 10.2. The van der Waals surface area contributed by atoms with Gasteiger partial charge in [-0.05, 0) is 30.7 Å². The van der Waals surface area contributed by atoms with Crippen LogP contribution in [0.3, 0.4) is 0 Å². The van der Waals surface area contributed by atoms with Crippen LogP contribution in [0.25, 0.3) is 10.6 Å². The van der Waals surface area contributed by atoms with Crippen LogP contribution in [0.4, 0.5) is 5.69 Å². The molecule has 0 bridgehead atoms. The van der Waals surface area contributed by atoms with E-state index in [2.05, 4.69) is 10.3 Å². The molecule has 0 aliphatic heterocycles. The number of nitrogens with one attached hydrogen (secondary N) is 1. The highest BCUT2D eigenvalue weighted by atomic mass is 32.1. The molecule has 1 amide bonds. The first-order chi connectivity index (χ1) is 12.1. The van der Waals surface area contributed by atoms with Crippen molar-refractivity contribution >= 4 is 22.9 Å². The maximum absolute atomic E-state index is 12.5. The van der Waals surface area contributed by atoms with Crippen LogP contribution in [0, 0.1) is 6.92 Å². The number of nitrogens with zero attached hydrogens (tertiary/aromatic N) is 1. The van der Waals surface area contributed by atoms with Crippen molar-refractivity contribution in [2.24, 2.45) is 0 Å². The standard InChI is InChI=1S/C19H18N2O3S/c1-12-7-4-5-9-14(12)20-18(22)15-11-25-19(21-15)13-8-6-10-16(23-2)17(13)24-3/h4-11H,1-3H3,(H,20,22). The predicted octanol–water partition coefficient (Wildman–Crippen LogP) is 4.39. The first-order valence-corrected chi connectivity index (χ1v) is 8.56. The van der Waals surface area contributed by atoms with Crippen LogP contribution in [-0.4, -0.2) is 25.1 Å². The second-order valence-electron chi connectivity index (χ2n) is 5.35. The van der Waals surface area contributed by atoms with Gasteiger partial charge in [0.15, 0.2) is 11.5 Å². The van der Waals surface area contributed by atoms with Crippen LogP contribution in [0.15, 0.2) is 47.8 Å². The van der Waals surface area contributed by atoms with Crippen molar-refractivity contribution in [1.82, 2.24) is 4.98 Å². The van der Waals surface area contributed by atoms with Crippen molar-refractivity contribution < 1.29 is 14.3 Å². The third-order valence-corrected chi connectivity index (χ3v) is 4.64. The van der Waals surface area contributed by atoms with Crippen LogP contribution in [-0.2, 0) is 0 Å². The van der Waals surface area contributed by atoms with Gasteiger partial charge >= 0.3 is 0 Å². The van der Waals surface area contributed by atoms with Gasteiger partial charge in [-0.25, -0.2) is 4.98 Å². The van der Waals surface area contributed by atoms with E-state index in [1.54, 1.807) is 19.6 Å². The Bertz CT molecular complexity index is 905. The van der Waals surface area contributed by atoms with E-state index < -0.39 is 0 Å². The van der Waals surface area contributed by atoms with Crippen molar-refractivity contribution in [1.29, 1.82) is 0 Å². The van der Waals surface area contributed by atoms with Crippen LogP contribution in [0.5, 0.6) is 11.5 Å². The highest BCUT2D eigenvalue weighted by Gasteiger charge is 2.17. The number of anilines is 1. The molecule has 3 aromatic rings. The SMILES string of the molecule is COc1cccc(-c2nc(C(=O)Nc3ccccc3C)cs2)c1OC. The van der Waals surface area contributed by atoms with Gasteiger partial charge in [0.25, 0.3) is 5.91 Å². The molecule has 6 heteroatoms. The Labute approximate surface area is 150 Å². The minimum Gasteiger partial charge on any atom is -0.493 e. The summed E-state index contributed by atoms with van der Waals surface area (Å²) in [6.07, 6.45) is 0. The summed E-state index contributed by atoms with van der Waals surface area (Å²) < 4.78 is 10.8. The molecule has 0 aliphatic rings. The highest BCUT2D eigenvalue weighted by molar-refractivity contribution is 7.13. The maximum atomic E-state index is 12.5. The monoisotopic (exact) mass is 354 g/mol. The second-order valence-corrected chi connectivity index (χ2v) is 6.21. The largest absolute Gasteiger partial charge is 0.493 e. The number of rotatable bonds is 5. The molecular formula is C19H18N2O3S. The van der Waals surface area contributed by atoms with E-state index in [1.165, 1.54) is 11.3 Å². The lowest BCUT2D eigenvalue weighted by Crippen LogP contribution is -2.13. The van der Waals surface area contributed by atoms with Gasteiger partial charge in [0.05, 0.1) is 19.8 Å². The Hall–Kier alpha value is -2.86. The Morgan fingerprint density at radius 2 is 1.88 bits per heavy atom. The van der Waals surface area contributed by atoms with Gasteiger partial charge in [-0.2, -0.15) is 0 Å². The van der Waals surface area contributed by atoms with E-state index in [1.807, 2.05) is 49.4 Å². The number of aryl methyl sites for hydroxylation is 1. The fraction of sp³-hybridized carbons (Fsp3) is 0.158. The van der Waals surface area contributed by atoms with Gasteiger partial charge in [0.1, 0.15) is 10.7 Å². The third-order valence-electron chi connectivity index (χ3n) is 3.76. The van der Waals surface area contributed by atoms with E-state index in [-0.39, 0.29) is 5.91 Å². The fourth-order valence-electron chi connectivity index (χ4n) is 2.46. The summed E-state index contributed by atoms with van der Waals surface area (Å²) in [5.41, 5.74) is 2.94. The highest BCUT2D eigenvalue weighted by Crippen LogP contribution is 2.39. The lowest BCUT2D eigenvalue weighted by Gasteiger charge is -2.10. The average Bonchev–Trinajstić information content (AvgIpc) is 3.13. The number of benzene rings is 2. The molecule has 0 unspecified atom stereocenters. The molecule has 0 saturated carbocycles. The molecule has 0 spiro atoms. The normalized spacial score (nSPS) is 10.4. The van der Waals surface area contributed by atoms with Crippen molar-refractivity contribution in [3.8, 4) is 22.1 Å². The molecule has 3 rings (SSSR count). The number of amides is 1. The molecule has 0 saturated heterocycles. The van der Waals surface area contributed by atoms with Gasteiger partial charge in [0.2, 0.25) is 0 Å². The minimum atomic E-state index is -0.237. The fourth-order valence-corrected chi connectivity index (χ4v) is 3.28. The summed E-state index contributed by atoms with van der Waals surface area (Å²) >= 11 is 1.39. The zero-order valence-corrected chi connectivity index (χ0v) is 15.0. The molecule has 1 heterocycles. The van der Waals surface area contributed by atoms with Crippen LogP contribution < -0.4 is 14.8 Å². The minimum absolute atomic E-state index is 0.237. The van der Waals surface area contributed by atoms with E-state index in [9.17, 15) is 4.79 Å². The summed E-state index contributed by atoms with van der Waals surface area (Å²) in [4.78, 5) is 16.9. The number of carbonyl (C=O) groups excluding carboxylic acids is 1. The predicted molar refractivity (Wildman–Crippen MR) is 99.8 cm³/mol. The molecule has 128 valence electrons. The maximum Gasteiger partial charge on any atom is 0.275 e. The van der Waals surface area contributed by atoms with Gasteiger partial charge in [0, 0.05) is 11.1 Å². The number of hydrogen-bond acceptors (Lipinski definition) is 5. The smallest absolute Gasteiger partial charge is 0.275 e. The zero-order valence-electron chi connectivity index (χ0n) is 14.2. The first-order valence-electron chi connectivity index (χ1n) is 7.68. The number of ether oxygens (including phenoxy) is 2. The Balaban J connectivity index is 1.88. The van der Waals surface area contributed by atoms with E-state index in [0.29, 0.717) is 22.2 Å². The van der Waals surface area contributed by atoms with Crippen LogP contribution in [0.1, 0.15) is 16.1 Å². The average molecular weight is 354 g/mol. The van der Waals surface area contributed by atoms with Crippen LogP contribution >= 0.6 is 11.3 Å². The second kappa shape index (κ2) is 7.36. The van der Waals surface area contributed by atoms with E-state index in [4.69, 9.17) is 9.47 Å². The van der Waals surface area contributed by atoms with Crippen molar-refractivity contribution in [2.45, 2.75) is 6.92 Å². The number of carbonyl (C=O) groups is 1. The molecule has 2 aromatic carbocycles. The molecule has 25 heavy (non-hydrogen) atoms. The number of para-hydroxylation sites is 2. The Morgan fingerprint density at radius 1 is 1.08 bits per heavy atom. The number of thiazole rings is 1. The van der Waals surface area contributed by atoms with Crippen LogP contribution in [0.2, 0.25) is 0 Å². The van der Waals surface area contributed by atoms with Crippen molar-refractivity contribution in [2.75, 3.05) is 19.5 Å². The third kappa shape index (κ3) is 3.49. The summed E-state index contributed by atoms with van der Waals surface area (Å²) in [6.45, 7) is 1.95. The number of methoxy groups -OCH3 is 2. The van der Waals surface area contributed by atoms with Gasteiger partial charge < -0.3 is 14.8 Å². The zero-order chi connectivity index (χ0) is 17.8. The molecule has 5 nitrogen and oxygen atoms in total. The number of hydrogen-bond donors (Lipinski definition) is 1. The quantitative estimate of drug-likeness (QED) is 0.738. The lowest BCUT2D eigenvalue weighted by molar-refractivity contribution is 0.102. The summed E-state index contributed by atoms with van der Waals surface area (Å²) in [5.74, 6) is 0.991. The molecule has 1 N–H and O–H groups in total. The van der Waals surface area contributed by atoms with Gasteiger partial charge in [-0.3, -0.25) is 4.79 Å². The summed E-state index contributed by atoms with van der Waals surface area (Å²) in [6, 6.07) is 13.2. The van der Waals surface area contributed by atoms with Crippen molar-refractivity contribution in [3.63, 3.8) is 0 Å². The molecular weight excluding hydrogens is 336 g/mol. The Kier molecular flexibility index (Phi) is 5.00. The van der Waals surface area contributed by atoms with Crippen molar-refractivity contribution in [3.05, 3.63) is 59.1 Å². The topological polar surface area (TPSA) is 60.5 Å². The number of aromatic nitrogens is 1. The molecule has 0 atom stereocenters. The summed E-state index contributed by atoms with van der Waals surface area (Å²) in [7, 11) is 3.17. The first kappa shape index (κ1) is 17.0. The Morgan fingerprint density at radius 3 is 2.60 bits per heavy atom. The molecule has 0 radical (unpaired) electrons. The summed E-state index contributed by atoms with van der Waals surface area (Å²) in [5, 5.41) is 5.33.